The quantitative estimate of drug-likeness (QED) is 0.828. The minimum absolute atomic E-state index is 0.110. The Kier molecular flexibility index (Phi) is 6.12. The van der Waals surface area contributed by atoms with Gasteiger partial charge in [0.05, 0.1) is 0 Å². The summed E-state index contributed by atoms with van der Waals surface area (Å²) in [7, 11) is 0. The van der Waals surface area contributed by atoms with Gasteiger partial charge in [-0.1, -0.05) is 31.2 Å². The Labute approximate surface area is 161 Å². The lowest BCUT2D eigenvalue weighted by atomic mass is 10.1. The Bertz CT molecular complexity index is 793. The van der Waals surface area contributed by atoms with E-state index in [4.69, 9.17) is 0 Å². The lowest BCUT2D eigenvalue weighted by Gasteiger charge is -2.36. The zero-order chi connectivity index (χ0) is 19.2. The van der Waals surface area contributed by atoms with Crippen molar-refractivity contribution in [3.05, 3.63) is 59.7 Å². The Hall–Kier alpha value is -2.82. The van der Waals surface area contributed by atoms with Crippen molar-refractivity contribution in [1.29, 1.82) is 0 Å². The van der Waals surface area contributed by atoms with Crippen LogP contribution in [-0.2, 0) is 16.0 Å². The van der Waals surface area contributed by atoms with Crippen LogP contribution in [0.2, 0.25) is 0 Å². The molecular formula is C22H27N3O2. The van der Waals surface area contributed by atoms with Crippen LogP contribution in [0.3, 0.4) is 0 Å². The van der Waals surface area contributed by atoms with Crippen LogP contribution in [0.15, 0.2) is 48.5 Å². The van der Waals surface area contributed by atoms with E-state index in [0.717, 1.165) is 25.2 Å². The first-order valence-corrected chi connectivity index (χ1v) is 9.53. The van der Waals surface area contributed by atoms with Gasteiger partial charge in [-0.3, -0.25) is 9.59 Å². The number of benzene rings is 2. The number of aryl methyl sites for hydroxylation is 2. The number of nitrogens with zero attached hydrogens (tertiary/aromatic N) is 2. The molecule has 142 valence electrons. The van der Waals surface area contributed by atoms with Gasteiger partial charge in [-0.15, -0.1) is 0 Å². The maximum atomic E-state index is 12.4. The van der Waals surface area contributed by atoms with Gasteiger partial charge in [0.1, 0.15) is 6.42 Å². The number of piperazine rings is 1. The standard InChI is InChI=1S/C22H27N3O2/c1-3-18-7-9-19(10-8-18)23-21(26)16-22(27)25-13-11-24(12-14-25)20-6-4-5-17(2)15-20/h4-10,15H,3,11-14,16H2,1-2H3,(H,23,26). The molecule has 1 aliphatic heterocycles. The van der Waals surface area contributed by atoms with Crippen LogP contribution in [0.4, 0.5) is 11.4 Å². The Morgan fingerprint density at radius 1 is 1.00 bits per heavy atom. The molecule has 0 saturated carbocycles. The maximum absolute atomic E-state index is 12.4. The van der Waals surface area contributed by atoms with Crippen molar-refractivity contribution < 1.29 is 9.59 Å². The first-order chi connectivity index (χ1) is 13.0. The number of carbonyl (C=O) groups excluding carboxylic acids is 2. The number of amides is 2. The Morgan fingerprint density at radius 2 is 1.70 bits per heavy atom. The maximum Gasteiger partial charge on any atom is 0.233 e. The van der Waals surface area contributed by atoms with Gasteiger partial charge in [0.25, 0.3) is 0 Å². The molecule has 0 aromatic heterocycles. The van der Waals surface area contributed by atoms with Crippen LogP contribution < -0.4 is 10.2 Å². The van der Waals surface area contributed by atoms with Crippen molar-refractivity contribution in [2.75, 3.05) is 36.4 Å². The topological polar surface area (TPSA) is 52.7 Å². The third kappa shape index (κ3) is 5.09. The summed E-state index contributed by atoms with van der Waals surface area (Å²) in [5.41, 5.74) is 4.37. The molecule has 1 aliphatic rings. The van der Waals surface area contributed by atoms with Crippen LogP contribution in [0, 0.1) is 6.92 Å². The van der Waals surface area contributed by atoms with Gasteiger partial charge in [0, 0.05) is 37.6 Å². The molecule has 5 nitrogen and oxygen atoms in total. The molecule has 0 spiro atoms. The van der Waals surface area contributed by atoms with Crippen molar-refractivity contribution in [3.8, 4) is 0 Å². The number of hydrogen-bond acceptors (Lipinski definition) is 3. The van der Waals surface area contributed by atoms with Crippen molar-refractivity contribution in [2.24, 2.45) is 0 Å². The summed E-state index contributed by atoms with van der Waals surface area (Å²) in [6.45, 7) is 7.03. The Morgan fingerprint density at radius 3 is 2.33 bits per heavy atom. The van der Waals surface area contributed by atoms with E-state index in [-0.39, 0.29) is 18.2 Å². The molecule has 2 aromatic rings. The molecule has 0 radical (unpaired) electrons. The predicted molar refractivity (Wildman–Crippen MR) is 109 cm³/mol. The molecule has 1 N–H and O–H groups in total. The first kappa shape index (κ1) is 19.0. The van der Waals surface area contributed by atoms with Gasteiger partial charge in [0.15, 0.2) is 0 Å². The third-order valence-corrected chi connectivity index (χ3v) is 4.96. The summed E-state index contributed by atoms with van der Waals surface area (Å²) < 4.78 is 0. The predicted octanol–water partition coefficient (Wildman–Crippen LogP) is 3.23. The smallest absolute Gasteiger partial charge is 0.233 e. The molecule has 0 bridgehead atoms. The van der Waals surface area contributed by atoms with Crippen molar-refractivity contribution in [1.82, 2.24) is 4.90 Å². The second-order valence-electron chi connectivity index (χ2n) is 6.98. The zero-order valence-corrected chi connectivity index (χ0v) is 16.1. The van der Waals surface area contributed by atoms with E-state index in [1.165, 1.54) is 16.8 Å². The number of nitrogens with one attached hydrogen (secondary N) is 1. The monoisotopic (exact) mass is 365 g/mol. The average Bonchev–Trinajstić information content (AvgIpc) is 2.68. The molecule has 3 rings (SSSR count). The van der Waals surface area contributed by atoms with Crippen LogP contribution >= 0.6 is 0 Å². The highest BCUT2D eigenvalue weighted by Crippen LogP contribution is 2.18. The normalized spacial score (nSPS) is 14.1. The van der Waals surface area contributed by atoms with Gasteiger partial charge in [-0.2, -0.15) is 0 Å². The van der Waals surface area contributed by atoms with E-state index < -0.39 is 0 Å². The fourth-order valence-electron chi connectivity index (χ4n) is 3.32. The molecular weight excluding hydrogens is 338 g/mol. The van der Waals surface area contributed by atoms with Gasteiger partial charge >= 0.3 is 0 Å². The highest BCUT2D eigenvalue weighted by molar-refractivity contribution is 6.03. The summed E-state index contributed by atoms with van der Waals surface area (Å²) in [5, 5.41) is 2.81. The lowest BCUT2D eigenvalue weighted by Crippen LogP contribution is -2.49. The van der Waals surface area contributed by atoms with Crippen molar-refractivity contribution in [2.45, 2.75) is 26.7 Å². The van der Waals surface area contributed by atoms with E-state index in [2.05, 4.69) is 48.3 Å². The van der Waals surface area contributed by atoms with E-state index in [1.807, 2.05) is 24.3 Å². The van der Waals surface area contributed by atoms with Gasteiger partial charge in [0.2, 0.25) is 11.8 Å². The second-order valence-corrected chi connectivity index (χ2v) is 6.98. The molecule has 0 unspecified atom stereocenters. The third-order valence-electron chi connectivity index (χ3n) is 4.96. The fourth-order valence-corrected chi connectivity index (χ4v) is 3.32. The SMILES string of the molecule is CCc1ccc(NC(=O)CC(=O)N2CCN(c3cccc(C)c3)CC2)cc1. The summed E-state index contributed by atoms with van der Waals surface area (Å²) in [6, 6.07) is 16.1. The first-order valence-electron chi connectivity index (χ1n) is 9.53. The van der Waals surface area contributed by atoms with E-state index in [9.17, 15) is 9.59 Å². The summed E-state index contributed by atoms with van der Waals surface area (Å²) >= 11 is 0. The number of carbonyl (C=O) groups is 2. The number of hydrogen-bond donors (Lipinski definition) is 1. The van der Waals surface area contributed by atoms with Crippen molar-refractivity contribution in [3.63, 3.8) is 0 Å². The summed E-state index contributed by atoms with van der Waals surface area (Å²) in [4.78, 5) is 28.7. The van der Waals surface area contributed by atoms with Crippen molar-refractivity contribution >= 4 is 23.2 Å². The number of rotatable bonds is 5. The van der Waals surface area contributed by atoms with Crippen LogP contribution in [0.1, 0.15) is 24.5 Å². The molecule has 0 aliphatic carbocycles. The largest absolute Gasteiger partial charge is 0.368 e. The minimum Gasteiger partial charge on any atom is -0.368 e. The molecule has 5 heteroatoms. The highest BCUT2D eigenvalue weighted by Gasteiger charge is 2.23. The molecule has 1 fully saturated rings. The van der Waals surface area contributed by atoms with Crippen LogP contribution in [0.25, 0.3) is 0 Å². The second kappa shape index (κ2) is 8.71. The molecule has 2 amide bonds. The fraction of sp³-hybridized carbons (Fsp3) is 0.364. The molecule has 1 heterocycles. The summed E-state index contributed by atoms with van der Waals surface area (Å²) in [6.07, 6.45) is 0.848. The zero-order valence-electron chi connectivity index (χ0n) is 16.1. The minimum atomic E-state index is -0.259. The van der Waals surface area contributed by atoms with Gasteiger partial charge in [-0.05, 0) is 48.7 Å². The van der Waals surface area contributed by atoms with Crippen LogP contribution in [0.5, 0.6) is 0 Å². The highest BCUT2D eigenvalue weighted by atomic mass is 16.2. The Balaban J connectivity index is 1.48. The molecule has 1 saturated heterocycles. The van der Waals surface area contributed by atoms with E-state index in [0.29, 0.717) is 13.1 Å². The molecule has 27 heavy (non-hydrogen) atoms. The number of anilines is 2. The van der Waals surface area contributed by atoms with Gasteiger partial charge < -0.3 is 15.1 Å². The van der Waals surface area contributed by atoms with E-state index >= 15 is 0 Å². The average molecular weight is 365 g/mol. The molecule has 0 atom stereocenters. The summed E-state index contributed by atoms with van der Waals surface area (Å²) in [5.74, 6) is -0.369. The van der Waals surface area contributed by atoms with Gasteiger partial charge in [-0.25, -0.2) is 0 Å². The lowest BCUT2D eigenvalue weighted by molar-refractivity contribution is -0.134. The van der Waals surface area contributed by atoms with E-state index in [1.54, 1.807) is 4.90 Å². The van der Waals surface area contributed by atoms with Crippen LogP contribution in [-0.4, -0.2) is 42.9 Å². The molecule has 2 aromatic carbocycles.